The van der Waals surface area contributed by atoms with Crippen molar-refractivity contribution < 1.29 is 21.6 Å². The van der Waals surface area contributed by atoms with Crippen LogP contribution in [-0.2, 0) is 10.0 Å². The van der Waals surface area contributed by atoms with Gasteiger partial charge in [0.1, 0.15) is 10.7 Å². The number of nitrogens with zero attached hydrogens (tertiary/aromatic N) is 3. The van der Waals surface area contributed by atoms with E-state index in [-0.39, 0.29) is 16.6 Å². The lowest BCUT2D eigenvalue weighted by molar-refractivity contribution is -0.143. The van der Waals surface area contributed by atoms with Gasteiger partial charge in [0.15, 0.2) is 0 Å². The molecule has 0 amide bonds. The number of hydrogen-bond donors (Lipinski definition) is 1. The zero-order chi connectivity index (χ0) is 19.5. The number of sulfonamides is 1. The van der Waals surface area contributed by atoms with Gasteiger partial charge in [-0.2, -0.15) is 17.5 Å². The van der Waals surface area contributed by atoms with E-state index in [1.54, 1.807) is 6.07 Å². The second-order valence-corrected chi connectivity index (χ2v) is 9.11. The minimum absolute atomic E-state index is 0.0277. The lowest BCUT2D eigenvalue weighted by Gasteiger charge is -2.26. The van der Waals surface area contributed by atoms with Crippen LogP contribution in [0.25, 0.3) is 0 Å². The molecule has 0 saturated carbocycles. The smallest absolute Gasteiger partial charge is 0.369 e. The van der Waals surface area contributed by atoms with Crippen LogP contribution in [0.1, 0.15) is 25.7 Å². The van der Waals surface area contributed by atoms with Crippen LogP contribution in [0.15, 0.2) is 23.2 Å². The molecule has 2 saturated heterocycles. The molecule has 1 aromatic rings. The summed E-state index contributed by atoms with van der Waals surface area (Å²) < 4.78 is 64.9. The number of nitrogens with one attached hydrogen (secondary N) is 1. The first-order chi connectivity index (χ1) is 12.8. The van der Waals surface area contributed by atoms with Crippen LogP contribution in [0.2, 0.25) is 0 Å². The van der Waals surface area contributed by atoms with Crippen molar-refractivity contribution in [1.29, 1.82) is 0 Å². The molecule has 3 rings (SSSR count). The Kier molecular flexibility index (Phi) is 6.27. The molecule has 27 heavy (non-hydrogen) atoms. The van der Waals surface area contributed by atoms with Crippen molar-refractivity contribution in [2.75, 3.05) is 44.6 Å². The predicted octanol–water partition coefficient (Wildman–Crippen LogP) is 2.55. The Morgan fingerprint density at radius 2 is 1.93 bits per heavy atom. The first-order valence-corrected chi connectivity index (χ1v) is 10.7. The van der Waals surface area contributed by atoms with Gasteiger partial charge in [-0.05, 0) is 43.9 Å². The Labute approximate surface area is 157 Å². The molecular formula is C17H25F3N4O2S. The third-order valence-electron chi connectivity index (χ3n) is 5.03. The van der Waals surface area contributed by atoms with Crippen molar-refractivity contribution in [1.82, 2.24) is 14.2 Å². The summed E-state index contributed by atoms with van der Waals surface area (Å²) in [5, 5.41) is 3.06. The topological polar surface area (TPSA) is 65.5 Å². The number of anilines is 1. The molecule has 1 atom stereocenters. The molecule has 2 aliphatic heterocycles. The molecule has 0 aromatic carbocycles. The molecule has 2 aliphatic rings. The molecule has 0 aliphatic carbocycles. The first kappa shape index (κ1) is 20.3. The van der Waals surface area contributed by atoms with Crippen molar-refractivity contribution in [3.63, 3.8) is 0 Å². The van der Waals surface area contributed by atoms with E-state index in [9.17, 15) is 21.6 Å². The fourth-order valence-electron chi connectivity index (χ4n) is 3.69. The van der Waals surface area contributed by atoms with Crippen molar-refractivity contribution in [2.24, 2.45) is 5.92 Å². The Bertz CT molecular complexity index is 736. The zero-order valence-corrected chi connectivity index (χ0v) is 15.9. The second-order valence-electron chi connectivity index (χ2n) is 7.20. The molecule has 2 fully saturated rings. The molecule has 152 valence electrons. The largest absolute Gasteiger partial charge is 0.401 e. The lowest BCUT2D eigenvalue weighted by Crippen LogP contribution is -2.36. The minimum Gasteiger partial charge on any atom is -0.369 e. The van der Waals surface area contributed by atoms with E-state index < -0.39 is 22.7 Å². The van der Waals surface area contributed by atoms with Gasteiger partial charge in [-0.15, -0.1) is 0 Å². The number of alkyl halides is 3. The van der Waals surface area contributed by atoms with E-state index >= 15 is 0 Å². The van der Waals surface area contributed by atoms with Crippen LogP contribution in [0, 0.1) is 5.92 Å². The maximum absolute atomic E-state index is 12.9. The number of likely N-dealkylation sites (tertiary alicyclic amines) is 1. The van der Waals surface area contributed by atoms with E-state index in [1.807, 2.05) is 0 Å². The van der Waals surface area contributed by atoms with E-state index in [4.69, 9.17) is 0 Å². The van der Waals surface area contributed by atoms with E-state index in [1.165, 1.54) is 21.5 Å². The molecule has 0 spiro atoms. The molecule has 1 N–H and O–H groups in total. The number of hydrogen-bond acceptors (Lipinski definition) is 5. The quantitative estimate of drug-likeness (QED) is 0.787. The Balaban J connectivity index is 1.63. The van der Waals surface area contributed by atoms with Gasteiger partial charge in [0.25, 0.3) is 0 Å². The Morgan fingerprint density at radius 1 is 1.19 bits per heavy atom. The van der Waals surface area contributed by atoms with Crippen LogP contribution in [0.3, 0.4) is 0 Å². The summed E-state index contributed by atoms with van der Waals surface area (Å²) in [6.45, 7) is 1.24. The van der Waals surface area contributed by atoms with Crippen molar-refractivity contribution in [3.8, 4) is 0 Å². The highest BCUT2D eigenvalue weighted by molar-refractivity contribution is 7.89. The summed E-state index contributed by atoms with van der Waals surface area (Å²) >= 11 is 0. The summed E-state index contributed by atoms with van der Waals surface area (Å²) in [5.41, 5.74) is 0. The van der Waals surface area contributed by atoms with Gasteiger partial charge in [0.05, 0.1) is 6.54 Å². The van der Waals surface area contributed by atoms with Gasteiger partial charge in [-0.1, -0.05) is 6.42 Å². The fraction of sp³-hybridized carbons (Fsp3) is 0.706. The minimum atomic E-state index is -4.20. The van der Waals surface area contributed by atoms with Crippen molar-refractivity contribution in [3.05, 3.63) is 18.3 Å². The van der Waals surface area contributed by atoms with E-state index in [0.29, 0.717) is 39.1 Å². The average molecular weight is 406 g/mol. The van der Waals surface area contributed by atoms with E-state index in [0.717, 1.165) is 19.3 Å². The molecule has 1 aromatic heterocycles. The number of aromatic nitrogens is 1. The molecule has 0 bridgehead atoms. The van der Waals surface area contributed by atoms with Crippen LogP contribution in [0.4, 0.5) is 19.0 Å². The van der Waals surface area contributed by atoms with E-state index in [2.05, 4.69) is 10.3 Å². The van der Waals surface area contributed by atoms with Gasteiger partial charge in [-0.25, -0.2) is 13.4 Å². The third kappa shape index (κ3) is 5.32. The molecule has 0 radical (unpaired) electrons. The van der Waals surface area contributed by atoms with Crippen molar-refractivity contribution >= 4 is 15.8 Å². The van der Waals surface area contributed by atoms with Crippen LogP contribution >= 0.6 is 0 Å². The Morgan fingerprint density at radius 3 is 2.63 bits per heavy atom. The molecule has 10 heteroatoms. The number of halogens is 3. The number of pyridine rings is 1. The summed E-state index contributed by atoms with van der Waals surface area (Å²) in [6, 6.07) is 3.12. The molecule has 1 unspecified atom stereocenters. The van der Waals surface area contributed by atoms with Crippen LogP contribution < -0.4 is 5.32 Å². The summed E-state index contributed by atoms with van der Waals surface area (Å²) in [4.78, 5) is 5.69. The first-order valence-electron chi connectivity index (χ1n) is 9.24. The zero-order valence-electron chi connectivity index (χ0n) is 15.1. The standard InChI is InChI=1S/C17H25F3N4O2S/c18-17(19,20)13-23-10-6-14(12-23)11-22-16-15(5-4-7-21-16)27(25,26)24-8-2-1-3-9-24/h4-5,7,14H,1-3,6,8-13H2,(H,21,22). The molecular weight excluding hydrogens is 381 g/mol. The van der Waals surface area contributed by atoms with Gasteiger partial charge in [0.2, 0.25) is 10.0 Å². The van der Waals surface area contributed by atoms with Crippen LogP contribution in [-0.4, -0.2) is 68.1 Å². The highest BCUT2D eigenvalue weighted by atomic mass is 32.2. The van der Waals surface area contributed by atoms with Crippen molar-refractivity contribution in [2.45, 2.75) is 36.8 Å². The number of piperidine rings is 1. The normalized spacial score (nSPS) is 22.9. The average Bonchev–Trinajstić information content (AvgIpc) is 3.06. The van der Waals surface area contributed by atoms with Gasteiger partial charge in [-0.3, -0.25) is 4.90 Å². The Hall–Kier alpha value is -1.39. The van der Waals surface area contributed by atoms with Gasteiger partial charge in [0, 0.05) is 32.4 Å². The fourth-order valence-corrected chi connectivity index (χ4v) is 5.33. The highest BCUT2D eigenvalue weighted by Gasteiger charge is 2.34. The monoisotopic (exact) mass is 406 g/mol. The SMILES string of the molecule is O=S(=O)(c1cccnc1NCC1CCN(CC(F)(F)F)C1)N1CCCCC1. The van der Waals surface area contributed by atoms with Gasteiger partial charge < -0.3 is 5.32 Å². The maximum Gasteiger partial charge on any atom is 0.401 e. The third-order valence-corrected chi connectivity index (χ3v) is 6.96. The van der Waals surface area contributed by atoms with Crippen LogP contribution in [0.5, 0.6) is 0 Å². The molecule has 6 nitrogen and oxygen atoms in total. The summed E-state index contributed by atoms with van der Waals surface area (Å²) in [7, 11) is -3.62. The molecule has 3 heterocycles. The maximum atomic E-state index is 12.9. The predicted molar refractivity (Wildman–Crippen MR) is 95.9 cm³/mol. The van der Waals surface area contributed by atoms with Gasteiger partial charge >= 0.3 is 6.18 Å². The summed E-state index contributed by atoms with van der Waals surface area (Å²) in [5.74, 6) is 0.303. The number of rotatable bonds is 6. The second kappa shape index (κ2) is 8.32. The lowest BCUT2D eigenvalue weighted by atomic mass is 10.1. The summed E-state index contributed by atoms with van der Waals surface area (Å²) in [6.07, 6.45) is 0.685. The highest BCUT2D eigenvalue weighted by Crippen LogP contribution is 2.27.